The standard InChI is InChI=1S/C17H21ClN2O3/c1-23-15-6-5-13(18)11-14(15)17(22)20-9-7-19(8-10-20)16(21)12-3-2-4-12/h5-6,11-12H,2-4,7-10H2,1H3. The first-order valence-corrected chi connectivity index (χ1v) is 8.39. The van der Waals surface area contributed by atoms with E-state index in [1.807, 2.05) is 4.90 Å². The van der Waals surface area contributed by atoms with Gasteiger partial charge in [0.2, 0.25) is 5.91 Å². The molecule has 2 aliphatic rings. The van der Waals surface area contributed by atoms with E-state index in [2.05, 4.69) is 0 Å². The number of nitrogens with zero attached hydrogens (tertiary/aromatic N) is 2. The SMILES string of the molecule is COc1ccc(Cl)cc1C(=O)N1CCN(C(=O)C2CCC2)CC1. The summed E-state index contributed by atoms with van der Waals surface area (Å²) in [7, 11) is 1.54. The molecular formula is C17H21ClN2O3. The Balaban J connectivity index is 1.64. The van der Waals surface area contributed by atoms with Crippen molar-refractivity contribution >= 4 is 23.4 Å². The lowest BCUT2D eigenvalue weighted by Gasteiger charge is -2.38. The van der Waals surface area contributed by atoms with E-state index in [-0.39, 0.29) is 17.7 Å². The van der Waals surface area contributed by atoms with Gasteiger partial charge in [0.1, 0.15) is 5.75 Å². The van der Waals surface area contributed by atoms with Crippen molar-refractivity contribution in [1.29, 1.82) is 0 Å². The molecule has 1 saturated heterocycles. The van der Waals surface area contributed by atoms with Crippen LogP contribution < -0.4 is 4.74 Å². The van der Waals surface area contributed by atoms with Crippen LogP contribution in [-0.4, -0.2) is 54.9 Å². The summed E-state index contributed by atoms with van der Waals surface area (Å²) in [6, 6.07) is 5.03. The molecule has 1 aromatic carbocycles. The first-order chi connectivity index (χ1) is 11.1. The van der Waals surface area contributed by atoms with Crippen molar-refractivity contribution in [3.05, 3.63) is 28.8 Å². The molecule has 0 N–H and O–H groups in total. The van der Waals surface area contributed by atoms with Crippen LogP contribution in [0.5, 0.6) is 5.75 Å². The molecular weight excluding hydrogens is 316 g/mol. The summed E-state index contributed by atoms with van der Waals surface area (Å²) in [4.78, 5) is 28.6. The van der Waals surface area contributed by atoms with Gasteiger partial charge in [-0.25, -0.2) is 0 Å². The average Bonchev–Trinajstić information content (AvgIpc) is 2.52. The van der Waals surface area contributed by atoms with Crippen LogP contribution >= 0.6 is 11.6 Å². The summed E-state index contributed by atoms with van der Waals surface area (Å²) in [6.07, 6.45) is 3.18. The van der Waals surface area contributed by atoms with E-state index in [0.29, 0.717) is 42.5 Å². The highest BCUT2D eigenvalue weighted by molar-refractivity contribution is 6.31. The van der Waals surface area contributed by atoms with Crippen LogP contribution in [0.2, 0.25) is 5.02 Å². The molecule has 0 unspecified atom stereocenters. The molecule has 5 nitrogen and oxygen atoms in total. The number of carbonyl (C=O) groups excluding carboxylic acids is 2. The molecule has 1 aromatic rings. The van der Waals surface area contributed by atoms with Crippen molar-refractivity contribution in [2.45, 2.75) is 19.3 Å². The van der Waals surface area contributed by atoms with E-state index in [4.69, 9.17) is 16.3 Å². The number of hydrogen-bond acceptors (Lipinski definition) is 3. The van der Waals surface area contributed by atoms with Crippen molar-refractivity contribution in [3.63, 3.8) is 0 Å². The van der Waals surface area contributed by atoms with Gasteiger partial charge < -0.3 is 14.5 Å². The number of amides is 2. The van der Waals surface area contributed by atoms with Crippen molar-refractivity contribution in [2.75, 3.05) is 33.3 Å². The molecule has 0 atom stereocenters. The zero-order chi connectivity index (χ0) is 16.4. The fraction of sp³-hybridized carbons (Fsp3) is 0.529. The first-order valence-electron chi connectivity index (χ1n) is 8.01. The van der Waals surface area contributed by atoms with Gasteiger partial charge in [0.15, 0.2) is 0 Å². The predicted octanol–water partition coefficient (Wildman–Crippen LogP) is 2.43. The van der Waals surface area contributed by atoms with Gasteiger partial charge in [-0.3, -0.25) is 9.59 Å². The highest BCUT2D eigenvalue weighted by Crippen LogP contribution is 2.29. The Morgan fingerprint density at radius 2 is 1.78 bits per heavy atom. The molecule has 2 fully saturated rings. The van der Waals surface area contributed by atoms with Crippen LogP contribution in [0.25, 0.3) is 0 Å². The third kappa shape index (κ3) is 3.29. The van der Waals surface area contributed by atoms with Gasteiger partial charge in [-0.1, -0.05) is 18.0 Å². The molecule has 1 aliphatic carbocycles. The number of halogens is 1. The number of rotatable bonds is 3. The molecule has 23 heavy (non-hydrogen) atoms. The molecule has 2 amide bonds. The Kier molecular flexibility index (Phi) is 4.76. The lowest BCUT2D eigenvalue weighted by atomic mass is 9.84. The van der Waals surface area contributed by atoms with E-state index >= 15 is 0 Å². The highest BCUT2D eigenvalue weighted by atomic mass is 35.5. The smallest absolute Gasteiger partial charge is 0.257 e. The van der Waals surface area contributed by atoms with E-state index in [1.54, 1.807) is 23.1 Å². The summed E-state index contributed by atoms with van der Waals surface area (Å²) in [5.74, 6) is 0.890. The Hall–Kier alpha value is -1.75. The van der Waals surface area contributed by atoms with Crippen LogP contribution in [0.1, 0.15) is 29.6 Å². The number of piperazine rings is 1. The second-order valence-corrected chi connectivity index (χ2v) is 6.53. The fourth-order valence-corrected chi connectivity index (χ4v) is 3.23. The monoisotopic (exact) mass is 336 g/mol. The second kappa shape index (κ2) is 6.79. The van der Waals surface area contributed by atoms with Gasteiger partial charge >= 0.3 is 0 Å². The number of methoxy groups -OCH3 is 1. The molecule has 1 heterocycles. The van der Waals surface area contributed by atoms with Crippen LogP contribution in [-0.2, 0) is 4.79 Å². The van der Waals surface area contributed by atoms with Gasteiger partial charge in [-0.05, 0) is 31.0 Å². The quantitative estimate of drug-likeness (QED) is 0.851. The number of ether oxygens (including phenoxy) is 1. The zero-order valence-electron chi connectivity index (χ0n) is 13.3. The van der Waals surface area contributed by atoms with Gasteiger partial charge in [-0.15, -0.1) is 0 Å². The third-order valence-corrected chi connectivity index (χ3v) is 4.96. The minimum Gasteiger partial charge on any atom is -0.496 e. The normalized spacial score (nSPS) is 18.5. The van der Waals surface area contributed by atoms with Gasteiger partial charge in [0.05, 0.1) is 12.7 Å². The lowest BCUT2D eigenvalue weighted by molar-refractivity contribution is -0.139. The molecule has 1 aliphatic heterocycles. The summed E-state index contributed by atoms with van der Waals surface area (Å²) < 4.78 is 5.25. The molecule has 6 heteroatoms. The van der Waals surface area contributed by atoms with E-state index in [0.717, 1.165) is 19.3 Å². The van der Waals surface area contributed by atoms with Gasteiger partial charge in [0, 0.05) is 37.1 Å². The molecule has 3 rings (SSSR count). The lowest BCUT2D eigenvalue weighted by Crippen LogP contribution is -2.52. The highest BCUT2D eigenvalue weighted by Gasteiger charge is 2.32. The van der Waals surface area contributed by atoms with Crippen molar-refractivity contribution < 1.29 is 14.3 Å². The van der Waals surface area contributed by atoms with E-state index < -0.39 is 0 Å². The van der Waals surface area contributed by atoms with E-state index in [9.17, 15) is 9.59 Å². The summed E-state index contributed by atoms with van der Waals surface area (Å²) in [5.41, 5.74) is 0.471. The molecule has 0 radical (unpaired) electrons. The summed E-state index contributed by atoms with van der Waals surface area (Å²) >= 11 is 6.00. The van der Waals surface area contributed by atoms with Crippen molar-refractivity contribution in [2.24, 2.45) is 5.92 Å². The van der Waals surface area contributed by atoms with Crippen LogP contribution in [0.15, 0.2) is 18.2 Å². The minimum absolute atomic E-state index is 0.0971. The Morgan fingerprint density at radius 3 is 2.35 bits per heavy atom. The zero-order valence-corrected chi connectivity index (χ0v) is 14.0. The first kappa shape index (κ1) is 16.1. The largest absolute Gasteiger partial charge is 0.496 e. The van der Waals surface area contributed by atoms with Crippen molar-refractivity contribution in [1.82, 2.24) is 9.80 Å². The van der Waals surface area contributed by atoms with Crippen LogP contribution in [0, 0.1) is 5.92 Å². The summed E-state index contributed by atoms with van der Waals surface area (Å²) in [6.45, 7) is 2.30. The third-order valence-electron chi connectivity index (χ3n) is 4.72. The molecule has 0 aromatic heterocycles. The maximum Gasteiger partial charge on any atom is 0.257 e. The van der Waals surface area contributed by atoms with Gasteiger partial charge in [0.25, 0.3) is 5.91 Å². The minimum atomic E-state index is -0.0971. The molecule has 0 bridgehead atoms. The number of carbonyl (C=O) groups is 2. The van der Waals surface area contributed by atoms with Gasteiger partial charge in [-0.2, -0.15) is 0 Å². The predicted molar refractivity (Wildman–Crippen MR) is 87.8 cm³/mol. The Bertz CT molecular complexity index is 608. The molecule has 0 spiro atoms. The fourth-order valence-electron chi connectivity index (χ4n) is 3.06. The van der Waals surface area contributed by atoms with E-state index in [1.165, 1.54) is 7.11 Å². The summed E-state index contributed by atoms with van der Waals surface area (Å²) in [5, 5.41) is 0.507. The number of hydrogen-bond donors (Lipinski definition) is 0. The maximum atomic E-state index is 12.7. The number of benzene rings is 1. The second-order valence-electron chi connectivity index (χ2n) is 6.09. The Morgan fingerprint density at radius 1 is 1.13 bits per heavy atom. The Labute approximate surface area is 141 Å². The van der Waals surface area contributed by atoms with Crippen LogP contribution in [0.3, 0.4) is 0 Å². The molecule has 124 valence electrons. The average molecular weight is 337 g/mol. The van der Waals surface area contributed by atoms with Crippen molar-refractivity contribution in [3.8, 4) is 5.75 Å². The topological polar surface area (TPSA) is 49.9 Å². The molecule has 1 saturated carbocycles. The maximum absolute atomic E-state index is 12.7. The van der Waals surface area contributed by atoms with Crippen LogP contribution in [0.4, 0.5) is 0 Å².